The van der Waals surface area contributed by atoms with Crippen LogP contribution in [-0.2, 0) is 6.42 Å². The van der Waals surface area contributed by atoms with E-state index < -0.39 is 0 Å². The molecule has 1 atom stereocenters. The van der Waals surface area contributed by atoms with E-state index in [0.29, 0.717) is 6.42 Å². The van der Waals surface area contributed by atoms with E-state index in [2.05, 4.69) is 9.97 Å². The van der Waals surface area contributed by atoms with Crippen LogP contribution in [-0.4, -0.2) is 27.1 Å². The van der Waals surface area contributed by atoms with E-state index in [1.807, 2.05) is 0 Å². The van der Waals surface area contributed by atoms with Gasteiger partial charge in [0.2, 0.25) is 0 Å². The van der Waals surface area contributed by atoms with Crippen LogP contribution in [0.25, 0.3) is 0 Å². The Morgan fingerprint density at radius 3 is 3.10 bits per heavy atom. The molecule has 1 unspecified atom stereocenters. The first-order chi connectivity index (χ1) is 4.83. The third-order valence-electron chi connectivity index (χ3n) is 1.19. The van der Waals surface area contributed by atoms with Crippen LogP contribution in [0, 0.1) is 0 Å². The van der Waals surface area contributed by atoms with Crippen LogP contribution in [0.15, 0.2) is 12.5 Å². The molecule has 10 heavy (non-hydrogen) atoms. The van der Waals surface area contributed by atoms with Gasteiger partial charge in [0.25, 0.3) is 0 Å². The van der Waals surface area contributed by atoms with E-state index in [4.69, 9.17) is 16.7 Å². The van der Waals surface area contributed by atoms with Crippen LogP contribution < -0.4 is 0 Å². The monoisotopic (exact) mass is 160 g/mol. The summed E-state index contributed by atoms with van der Waals surface area (Å²) in [5, 5.41) is 8.36. The summed E-state index contributed by atoms with van der Waals surface area (Å²) in [5.74, 6) is 0. The van der Waals surface area contributed by atoms with Crippen molar-refractivity contribution in [2.24, 2.45) is 0 Å². The van der Waals surface area contributed by atoms with Crippen molar-refractivity contribution in [1.29, 1.82) is 0 Å². The van der Waals surface area contributed by atoms with Gasteiger partial charge < -0.3 is 10.1 Å². The topological polar surface area (TPSA) is 48.9 Å². The van der Waals surface area contributed by atoms with Gasteiger partial charge >= 0.3 is 0 Å². The minimum Gasteiger partial charge on any atom is -0.395 e. The highest BCUT2D eigenvalue weighted by molar-refractivity contribution is 6.20. The number of H-pyrrole nitrogens is 1. The molecule has 0 aliphatic carbocycles. The summed E-state index contributed by atoms with van der Waals surface area (Å²) in [4.78, 5) is 6.71. The molecule has 1 aromatic heterocycles. The lowest BCUT2D eigenvalue weighted by Crippen LogP contribution is -2.08. The molecule has 0 saturated carbocycles. The second kappa shape index (κ2) is 3.58. The summed E-state index contributed by atoms with van der Waals surface area (Å²) in [5.41, 5.74) is 0.953. The molecule has 0 aromatic carbocycles. The lowest BCUT2D eigenvalue weighted by molar-refractivity contribution is 0.291. The normalized spacial score (nSPS) is 13.4. The number of alkyl halides is 1. The quantitative estimate of drug-likeness (QED) is 0.635. The van der Waals surface area contributed by atoms with Crippen molar-refractivity contribution in [2.75, 3.05) is 6.61 Å². The van der Waals surface area contributed by atoms with Gasteiger partial charge in [-0.3, -0.25) is 0 Å². The molecule has 1 rings (SSSR count). The maximum atomic E-state index is 8.57. The second-order valence-corrected chi connectivity index (χ2v) is 2.68. The number of rotatable bonds is 3. The Hall–Kier alpha value is -0.540. The van der Waals surface area contributed by atoms with Crippen molar-refractivity contribution >= 4 is 11.6 Å². The fraction of sp³-hybridized carbons (Fsp3) is 0.500. The predicted molar refractivity (Wildman–Crippen MR) is 39.0 cm³/mol. The first-order valence-electron chi connectivity index (χ1n) is 3.05. The fourth-order valence-corrected chi connectivity index (χ4v) is 0.866. The molecule has 0 aliphatic rings. The molecule has 0 spiro atoms. The summed E-state index contributed by atoms with van der Waals surface area (Å²) in [6, 6.07) is 0. The zero-order chi connectivity index (χ0) is 7.40. The molecule has 4 heteroatoms. The molecular formula is C6H9ClN2O. The number of imidazole rings is 1. The Kier molecular flexibility index (Phi) is 2.71. The van der Waals surface area contributed by atoms with Gasteiger partial charge in [-0.2, -0.15) is 0 Å². The van der Waals surface area contributed by atoms with E-state index in [0.717, 1.165) is 5.69 Å². The first kappa shape index (κ1) is 7.57. The third kappa shape index (κ3) is 2.01. The Morgan fingerprint density at radius 2 is 2.60 bits per heavy atom. The molecule has 0 amide bonds. The molecule has 0 aliphatic heterocycles. The molecule has 0 bridgehead atoms. The molecule has 0 saturated heterocycles. The van der Waals surface area contributed by atoms with Gasteiger partial charge in [-0.15, -0.1) is 11.6 Å². The van der Waals surface area contributed by atoms with Gasteiger partial charge in [-0.1, -0.05) is 0 Å². The first-order valence-corrected chi connectivity index (χ1v) is 3.48. The number of aliphatic hydroxyl groups is 1. The maximum Gasteiger partial charge on any atom is 0.0921 e. The summed E-state index contributed by atoms with van der Waals surface area (Å²) < 4.78 is 0. The number of aliphatic hydroxyl groups excluding tert-OH is 1. The molecule has 0 fully saturated rings. The predicted octanol–water partition coefficient (Wildman–Crippen LogP) is 0.552. The Bertz CT molecular complexity index is 176. The van der Waals surface area contributed by atoms with E-state index in [-0.39, 0.29) is 12.0 Å². The molecule has 0 radical (unpaired) electrons. The number of nitrogens with one attached hydrogen (secondary N) is 1. The van der Waals surface area contributed by atoms with E-state index in [1.54, 1.807) is 12.5 Å². The average Bonchev–Trinajstić information content (AvgIpc) is 2.40. The average molecular weight is 161 g/mol. The van der Waals surface area contributed by atoms with E-state index in [1.165, 1.54) is 0 Å². The second-order valence-electron chi connectivity index (χ2n) is 2.06. The van der Waals surface area contributed by atoms with Crippen LogP contribution in [0.2, 0.25) is 0 Å². The van der Waals surface area contributed by atoms with Crippen molar-refractivity contribution in [1.82, 2.24) is 9.97 Å². The minimum atomic E-state index is -0.208. The molecule has 56 valence electrons. The molecule has 3 nitrogen and oxygen atoms in total. The smallest absolute Gasteiger partial charge is 0.0921 e. The van der Waals surface area contributed by atoms with Crippen molar-refractivity contribution in [3.8, 4) is 0 Å². The van der Waals surface area contributed by atoms with Crippen LogP contribution >= 0.6 is 11.6 Å². The van der Waals surface area contributed by atoms with Crippen molar-refractivity contribution < 1.29 is 5.11 Å². The van der Waals surface area contributed by atoms with Gasteiger partial charge in [0, 0.05) is 18.3 Å². The number of nitrogens with zero attached hydrogens (tertiary/aromatic N) is 1. The van der Waals surface area contributed by atoms with Gasteiger partial charge in [-0.05, 0) is 0 Å². The third-order valence-corrected chi connectivity index (χ3v) is 1.49. The maximum absolute atomic E-state index is 8.57. The lowest BCUT2D eigenvalue weighted by atomic mass is 10.2. The Balaban J connectivity index is 2.40. The summed E-state index contributed by atoms with van der Waals surface area (Å²) in [7, 11) is 0. The Labute approximate surface area is 64.1 Å². The standard InChI is InChI=1S/C6H9ClN2O/c7-5(3-10)1-6-2-8-4-9-6/h2,4-5,10H,1,3H2,(H,8,9). The van der Waals surface area contributed by atoms with Gasteiger partial charge in [0.1, 0.15) is 0 Å². The van der Waals surface area contributed by atoms with E-state index in [9.17, 15) is 0 Å². The van der Waals surface area contributed by atoms with Crippen molar-refractivity contribution in [3.05, 3.63) is 18.2 Å². The van der Waals surface area contributed by atoms with Crippen LogP contribution in [0.1, 0.15) is 5.69 Å². The highest BCUT2D eigenvalue weighted by atomic mass is 35.5. The van der Waals surface area contributed by atoms with Crippen LogP contribution in [0.3, 0.4) is 0 Å². The van der Waals surface area contributed by atoms with Crippen molar-refractivity contribution in [3.63, 3.8) is 0 Å². The number of hydrogen-bond acceptors (Lipinski definition) is 2. The minimum absolute atomic E-state index is 0.000571. The number of aromatic amines is 1. The SMILES string of the molecule is OCC(Cl)Cc1cnc[nH]1. The highest BCUT2D eigenvalue weighted by Crippen LogP contribution is 2.02. The van der Waals surface area contributed by atoms with E-state index >= 15 is 0 Å². The van der Waals surface area contributed by atoms with Crippen LogP contribution in [0.4, 0.5) is 0 Å². The zero-order valence-electron chi connectivity index (χ0n) is 5.42. The fourth-order valence-electron chi connectivity index (χ4n) is 0.699. The molecule has 2 N–H and O–H groups in total. The number of aromatic nitrogens is 2. The van der Waals surface area contributed by atoms with Crippen molar-refractivity contribution in [2.45, 2.75) is 11.8 Å². The molecule has 1 aromatic rings. The van der Waals surface area contributed by atoms with Gasteiger partial charge in [-0.25, -0.2) is 4.98 Å². The summed E-state index contributed by atoms with van der Waals surface area (Å²) >= 11 is 5.66. The molecular weight excluding hydrogens is 152 g/mol. The number of halogens is 1. The lowest BCUT2D eigenvalue weighted by Gasteiger charge is -2.00. The zero-order valence-corrected chi connectivity index (χ0v) is 6.17. The van der Waals surface area contributed by atoms with Gasteiger partial charge in [0.15, 0.2) is 0 Å². The number of hydrogen-bond donors (Lipinski definition) is 2. The summed E-state index contributed by atoms with van der Waals surface area (Å²) in [6.45, 7) is 0.000571. The summed E-state index contributed by atoms with van der Waals surface area (Å²) in [6.07, 6.45) is 3.93. The highest BCUT2D eigenvalue weighted by Gasteiger charge is 2.03. The van der Waals surface area contributed by atoms with Gasteiger partial charge in [0.05, 0.1) is 18.3 Å². The largest absolute Gasteiger partial charge is 0.395 e. The van der Waals surface area contributed by atoms with Crippen LogP contribution in [0.5, 0.6) is 0 Å². The molecule has 1 heterocycles. The Morgan fingerprint density at radius 1 is 1.80 bits per heavy atom.